The van der Waals surface area contributed by atoms with Crippen LogP contribution in [0.15, 0.2) is 12.1 Å². The topological polar surface area (TPSA) is 48.5 Å². The van der Waals surface area contributed by atoms with E-state index < -0.39 is 0 Å². The summed E-state index contributed by atoms with van der Waals surface area (Å²) in [6.45, 7) is 4.13. The fourth-order valence-corrected chi connectivity index (χ4v) is 4.27. The third kappa shape index (κ3) is 3.32. The molecule has 1 atom stereocenters. The lowest BCUT2D eigenvalue weighted by molar-refractivity contribution is 0.209. The Balaban J connectivity index is 1.65. The number of pyridine rings is 1. The summed E-state index contributed by atoms with van der Waals surface area (Å²) in [4.78, 5) is 21.1. The monoisotopic (exact) mass is 320 g/mol. The third-order valence-corrected chi connectivity index (χ3v) is 5.66. The Morgan fingerprint density at radius 3 is 2.82 bits per heavy atom. The summed E-state index contributed by atoms with van der Waals surface area (Å²) >= 11 is 1.91. The molecule has 2 aliphatic rings. The quantitative estimate of drug-likeness (QED) is 0.930. The molecule has 0 saturated carbocycles. The lowest BCUT2D eigenvalue weighted by Gasteiger charge is -2.24. The summed E-state index contributed by atoms with van der Waals surface area (Å²) in [6.07, 6.45) is 3.56. The van der Waals surface area contributed by atoms with E-state index in [2.05, 4.69) is 15.2 Å². The van der Waals surface area contributed by atoms with E-state index in [0.717, 1.165) is 48.2 Å². The van der Waals surface area contributed by atoms with Gasteiger partial charge in [0.15, 0.2) is 0 Å². The molecule has 0 spiro atoms. The van der Waals surface area contributed by atoms with Crippen molar-refractivity contribution in [2.45, 2.75) is 32.2 Å². The van der Waals surface area contributed by atoms with Gasteiger partial charge in [-0.2, -0.15) is 11.8 Å². The van der Waals surface area contributed by atoms with Crippen molar-refractivity contribution in [3.8, 4) is 0 Å². The van der Waals surface area contributed by atoms with Gasteiger partial charge in [0.25, 0.3) is 0 Å². The molecular formula is C16H24N4OS. The zero-order valence-electron chi connectivity index (χ0n) is 13.3. The van der Waals surface area contributed by atoms with E-state index >= 15 is 0 Å². The zero-order valence-corrected chi connectivity index (χ0v) is 14.2. The lowest BCUT2D eigenvalue weighted by atomic mass is 10.2. The molecule has 2 saturated heterocycles. The molecule has 3 heterocycles. The molecule has 22 heavy (non-hydrogen) atoms. The number of urea groups is 1. The lowest BCUT2D eigenvalue weighted by Crippen LogP contribution is -2.40. The van der Waals surface area contributed by atoms with E-state index in [1.165, 1.54) is 12.8 Å². The first-order valence-electron chi connectivity index (χ1n) is 7.99. The highest BCUT2D eigenvalue weighted by atomic mass is 32.2. The molecule has 1 unspecified atom stereocenters. The fraction of sp³-hybridized carbons (Fsp3) is 0.625. The molecule has 0 aliphatic carbocycles. The minimum atomic E-state index is -0.0358. The number of amides is 2. The molecule has 0 radical (unpaired) electrons. The predicted molar refractivity (Wildman–Crippen MR) is 92.9 cm³/mol. The Morgan fingerprint density at radius 1 is 1.41 bits per heavy atom. The maximum atomic E-state index is 12.4. The van der Waals surface area contributed by atoms with Crippen molar-refractivity contribution < 1.29 is 4.79 Å². The van der Waals surface area contributed by atoms with Crippen molar-refractivity contribution in [1.29, 1.82) is 0 Å². The van der Waals surface area contributed by atoms with Gasteiger partial charge in [-0.1, -0.05) is 0 Å². The van der Waals surface area contributed by atoms with Crippen LogP contribution in [-0.2, 0) is 0 Å². The number of hydrogen-bond donors (Lipinski definition) is 1. The highest BCUT2D eigenvalue weighted by Crippen LogP contribution is 2.24. The number of aryl methyl sites for hydroxylation is 1. The molecule has 2 amide bonds. The second-order valence-corrected chi connectivity index (χ2v) is 7.20. The average molecular weight is 320 g/mol. The highest BCUT2D eigenvalue weighted by molar-refractivity contribution is 7.99. The van der Waals surface area contributed by atoms with E-state index in [1.807, 2.05) is 42.8 Å². The molecular weight excluding hydrogens is 296 g/mol. The maximum Gasteiger partial charge on any atom is 0.321 e. The maximum absolute atomic E-state index is 12.4. The number of rotatable bonds is 3. The summed E-state index contributed by atoms with van der Waals surface area (Å²) in [5, 5.41) is 3.00. The van der Waals surface area contributed by atoms with E-state index in [1.54, 1.807) is 0 Å². The van der Waals surface area contributed by atoms with Crippen LogP contribution in [0.25, 0.3) is 0 Å². The van der Waals surface area contributed by atoms with E-state index in [0.29, 0.717) is 6.04 Å². The molecule has 3 rings (SSSR count). The van der Waals surface area contributed by atoms with Crippen LogP contribution in [0.5, 0.6) is 0 Å². The van der Waals surface area contributed by atoms with Crippen molar-refractivity contribution in [3.63, 3.8) is 0 Å². The van der Waals surface area contributed by atoms with Crippen molar-refractivity contribution in [3.05, 3.63) is 17.8 Å². The smallest absolute Gasteiger partial charge is 0.321 e. The first-order valence-corrected chi connectivity index (χ1v) is 9.15. The average Bonchev–Trinajstić information content (AvgIpc) is 3.21. The molecule has 2 fully saturated rings. The van der Waals surface area contributed by atoms with Gasteiger partial charge in [-0.05, 0) is 44.1 Å². The van der Waals surface area contributed by atoms with E-state index in [4.69, 9.17) is 0 Å². The Kier molecular flexibility index (Phi) is 4.76. The molecule has 5 nitrogen and oxygen atoms in total. The fourth-order valence-electron chi connectivity index (χ4n) is 3.00. The van der Waals surface area contributed by atoms with Gasteiger partial charge in [0.05, 0.1) is 11.4 Å². The van der Waals surface area contributed by atoms with Gasteiger partial charge in [0.2, 0.25) is 0 Å². The Labute approximate surface area is 136 Å². The number of aromatic nitrogens is 1. The van der Waals surface area contributed by atoms with Crippen molar-refractivity contribution in [2.75, 3.05) is 41.9 Å². The molecule has 1 aromatic rings. The molecule has 0 bridgehead atoms. The van der Waals surface area contributed by atoms with Gasteiger partial charge in [0.1, 0.15) is 5.82 Å². The summed E-state index contributed by atoms with van der Waals surface area (Å²) in [6, 6.07) is 4.30. The standard InChI is InChI=1S/C16H24N4OS/c1-12-14(5-6-15(17-12)20-8-3-4-9-20)18-16(21)19(2)13-7-10-22-11-13/h5-6,13H,3-4,7-11H2,1-2H3,(H,18,21). The van der Waals surface area contributed by atoms with E-state index in [-0.39, 0.29) is 6.03 Å². The molecule has 1 N–H and O–H groups in total. The number of nitrogens with one attached hydrogen (secondary N) is 1. The van der Waals surface area contributed by atoms with Crippen LogP contribution in [0.2, 0.25) is 0 Å². The highest BCUT2D eigenvalue weighted by Gasteiger charge is 2.24. The molecule has 6 heteroatoms. The second kappa shape index (κ2) is 6.77. The van der Waals surface area contributed by atoms with Crippen LogP contribution >= 0.6 is 11.8 Å². The number of thioether (sulfide) groups is 1. The van der Waals surface area contributed by atoms with Crippen molar-refractivity contribution >= 4 is 29.3 Å². The summed E-state index contributed by atoms with van der Waals surface area (Å²) in [5.74, 6) is 3.20. The Hall–Kier alpha value is -1.43. The minimum Gasteiger partial charge on any atom is -0.357 e. The van der Waals surface area contributed by atoms with Gasteiger partial charge in [-0.25, -0.2) is 9.78 Å². The Morgan fingerprint density at radius 2 is 2.18 bits per heavy atom. The molecule has 2 aliphatic heterocycles. The van der Waals surface area contributed by atoms with Gasteiger partial charge < -0.3 is 15.1 Å². The predicted octanol–water partition coefficient (Wildman–Crippen LogP) is 2.96. The minimum absolute atomic E-state index is 0.0358. The number of carbonyl (C=O) groups is 1. The second-order valence-electron chi connectivity index (χ2n) is 6.06. The summed E-state index contributed by atoms with van der Waals surface area (Å²) in [5.41, 5.74) is 1.69. The van der Waals surface area contributed by atoms with Gasteiger partial charge in [-0.15, -0.1) is 0 Å². The van der Waals surface area contributed by atoms with Crippen LogP contribution < -0.4 is 10.2 Å². The van der Waals surface area contributed by atoms with Gasteiger partial charge in [0, 0.05) is 31.9 Å². The summed E-state index contributed by atoms with van der Waals surface area (Å²) < 4.78 is 0. The van der Waals surface area contributed by atoms with Gasteiger partial charge in [-0.3, -0.25) is 0 Å². The molecule has 120 valence electrons. The number of anilines is 2. The van der Waals surface area contributed by atoms with E-state index in [9.17, 15) is 4.79 Å². The van der Waals surface area contributed by atoms with Crippen LogP contribution in [-0.4, -0.2) is 53.6 Å². The van der Waals surface area contributed by atoms with Crippen LogP contribution in [0.4, 0.5) is 16.3 Å². The SMILES string of the molecule is Cc1nc(N2CCCC2)ccc1NC(=O)N(C)C1CCSC1. The number of nitrogens with zero attached hydrogens (tertiary/aromatic N) is 3. The molecule has 0 aromatic carbocycles. The largest absolute Gasteiger partial charge is 0.357 e. The van der Waals surface area contributed by atoms with Crippen LogP contribution in [0, 0.1) is 6.92 Å². The third-order valence-electron chi connectivity index (χ3n) is 4.52. The Bertz CT molecular complexity index is 539. The van der Waals surface area contributed by atoms with Gasteiger partial charge >= 0.3 is 6.03 Å². The van der Waals surface area contributed by atoms with Crippen LogP contribution in [0.3, 0.4) is 0 Å². The normalized spacial score (nSPS) is 21.2. The zero-order chi connectivity index (χ0) is 15.5. The summed E-state index contributed by atoms with van der Waals surface area (Å²) in [7, 11) is 1.88. The number of carbonyl (C=O) groups excluding carboxylic acids is 1. The van der Waals surface area contributed by atoms with Crippen molar-refractivity contribution in [2.24, 2.45) is 0 Å². The molecule has 1 aromatic heterocycles. The van der Waals surface area contributed by atoms with Crippen molar-refractivity contribution in [1.82, 2.24) is 9.88 Å². The first kappa shape index (κ1) is 15.5. The van der Waals surface area contributed by atoms with Crippen LogP contribution in [0.1, 0.15) is 25.0 Å². The first-order chi connectivity index (χ1) is 10.6. The number of hydrogen-bond acceptors (Lipinski definition) is 4.